The molecule has 0 bridgehead atoms. The predicted octanol–water partition coefficient (Wildman–Crippen LogP) is 0.102. The van der Waals surface area contributed by atoms with Gasteiger partial charge in [-0.3, -0.25) is 4.79 Å². The van der Waals surface area contributed by atoms with Gasteiger partial charge in [-0.15, -0.1) is 0 Å². The van der Waals surface area contributed by atoms with Gasteiger partial charge in [-0.2, -0.15) is 5.26 Å². The first kappa shape index (κ1) is 8.44. The number of nitriles is 1. The second-order valence-corrected chi connectivity index (χ2v) is 2.77. The van der Waals surface area contributed by atoms with E-state index >= 15 is 0 Å². The molecular formula is C8H7N5O. The highest BCUT2D eigenvalue weighted by atomic mass is 16.1. The number of aryl methyl sites for hydroxylation is 1. The number of aromatic amines is 2. The van der Waals surface area contributed by atoms with E-state index in [0.29, 0.717) is 29.8 Å². The van der Waals surface area contributed by atoms with Gasteiger partial charge in [0.2, 0.25) is 0 Å². The minimum Gasteiger partial charge on any atom is -0.336 e. The molecule has 0 spiro atoms. The third-order valence-electron chi connectivity index (χ3n) is 1.82. The molecule has 2 aromatic rings. The molecule has 6 nitrogen and oxygen atoms in total. The Balaban J connectivity index is 2.48. The summed E-state index contributed by atoms with van der Waals surface area (Å²) in [6.45, 7) is 0. The van der Waals surface area contributed by atoms with Gasteiger partial charge in [-0.25, -0.2) is 9.97 Å². The Hall–Kier alpha value is -2.16. The fraction of sp³-hybridized carbons (Fsp3) is 0.250. The van der Waals surface area contributed by atoms with Crippen LogP contribution in [-0.4, -0.2) is 19.9 Å². The summed E-state index contributed by atoms with van der Waals surface area (Å²) < 4.78 is 0. The van der Waals surface area contributed by atoms with Gasteiger partial charge in [0.15, 0.2) is 11.2 Å². The molecule has 2 heterocycles. The Morgan fingerprint density at radius 2 is 2.43 bits per heavy atom. The number of hydrogen-bond acceptors (Lipinski definition) is 4. The van der Waals surface area contributed by atoms with Crippen molar-refractivity contribution in [2.75, 3.05) is 0 Å². The van der Waals surface area contributed by atoms with E-state index < -0.39 is 0 Å². The van der Waals surface area contributed by atoms with Crippen molar-refractivity contribution in [3.63, 3.8) is 0 Å². The quantitative estimate of drug-likeness (QED) is 0.700. The number of H-pyrrole nitrogens is 2. The number of imidazole rings is 1. The number of nitrogens with zero attached hydrogens (tertiary/aromatic N) is 3. The van der Waals surface area contributed by atoms with Crippen molar-refractivity contribution in [1.82, 2.24) is 19.9 Å². The van der Waals surface area contributed by atoms with Crippen molar-refractivity contribution in [1.29, 1.82) is 5.26 Å². The Labute approximate surface area is 78.6 Å². The normalized spacial score (nSPS) is 10.2. The standard InChI is InChI=1S/C8H7N5O/c9-3-1-2-5-12-6-7(13-5)10-4-11-8(6)14/h4H,1-2H2,(H2,10,11,12,13,14). The van der Waals surface area contributed by atoms with Crippen LogP contribution in [0.4, 0.5) is 0 Å². The summed E-state index contributed by atoms with van der Waals surface area (Å²) in [5, 5.41) is 8.38. The van der Waals surface area contributed by atoms with Crippen molar-refractivity contribution in [3.8, 4) is 6.07 Å². The van der Waals surface area contributed by atoms with Crippen LogP contribution in [0.15, 0.2) is 11.1 Å². The van der Waals surface area contributed by atoms with Crippen LogP contribution in [0.5, 0.6) is 0 Å². The predicted molar refractivity (Wildman–Crippen MR) is 48.4 cm³/mol. The highest BCUT2D eigenvalue weighted by Gasteiger charge is 2.05. The van der Waals surface area contributed by atoms with E-state index in [0.717, 1.165) is 0 Å². The van der Waals surface area contributed by atoms with Gasteiger partial charge in [0.05, 0.1) is 12.4 Å². The molecule has 14 heavy (non-hydrogen) atoms. The summed E-state index contributed by atoms with van der Waals surface area (Å²) in [5.41, 5.74) is 0.507. The Morgan fingerprint density at radius 1 is 1.57 bits per heavy atom. The van der Waals surface area contributed by atoms with Crippen LogP contribution in [0.25, 0.3) is 11.2 Å². The molecule has 0 saturated heterocycles. The lowest BCUT2D eigenvalue weighted by Gasteiger charge is -1.85. The SMILES string of the molecule is N#CCCc1nc2nc[nH]c(=O)c2[nH]1. The Bertz CT molecular complexity index is 547. The summed E-state index contributed by atoms with van der Waals surface area (Å²) in [5.74, 6) is 0.616. The highest BCUT2D eigenvalue weighted by molar-refractivity contribution is 5.68. The molecule has 0 fully saturated rings. The first-order valence-corrected chi connectivity index (χ1v) is 4.10. The van der Waals surface area contributed by atoms with Gasteiger partial charge in [-0.05, 0) is 0 Å². The molecule has 0 amide bonds. The maximum Gasteiger partial charge on any atom is 0.276 e. The van der Waals surface area contributed by atoms with Crippen molar-refractivity contribution in [2.24, 2.45) is 0 Å². The summed E-state index contributed by atoms with van der Waals surface area (Å²) in [7, 11) is 0. The summed E-state index contributed by atoms with van der Waals surface area (Å²) in [6, 6.07) is 2.01. The monoisotopic (exact) mass is 189 g/mol. The summed E-state index contributed by atoms with van der Waals surface area (Å²) >= 11 is 0. The van der Waals surface area contributed by atoms with Crippen LogP contribution in [0, 0.1) is 11.3 Å². The van der Waals surface area contributed by atoms with Gasteiger partial charge >= 0.3 is 0 Å². The van der Waals surface area contributed by atoms with Gasteiger partial charge < -0.3 is 9.97 Å². The molecule has 0 aliphatic heterocycles. The third kappa shape index (κ3) is 1.35. The summed E-state index contributed by atoms with van der Waals surface area (Å²) in [4.78, 5) is 24.5. The molecule has 70 valence electrons. The fourth-order valence-corrected chi connectivity index (χ4v) is 1.18. The molecule has 0 aromatic carbocycles. The largest absolute Gasteiger partial charge is 0.336 e. The van der Waals surface area contributed by atoms with E-state index in [1.54, 1.807) is 0 Å². The van der Waals surface area contributed by atoms with Gasteiger partial charge in [0.25, 0.3) is 5.56 Å². The molecule has 0 saturated carbocycles. The lowest BCUT2D eigenvalue weighted by atomic mass is 10.3. The van der Waals surface area contributed by atoms with E-state index in [1.807, 2.05) is 6.07 Å². The number of nitrogens with one attached hydrogen (secondary N) is 2. The van der Waals surface area contributed by atoms with Gasteiger partial charge in [-0.1, -0.05) is 0 Å². The van der Waals surface area contributed by atoms with Crippen LogP contribution < -0.4 is 5.56 Å². The number of fused-ring (bicyclic) bond motifs is 1. The molecule has 2 aromatic heterocycles. The molecule has 2 rings (SSSR count). The van der Waals surface area contributed by atoms with Gasteiger partial charge in [0, 0.05) is 12.8 Å². The van der Waals surface area contributed by atoms with Crippen LogP contribution in [-0.2, 0) is 6.42 Å². The smallest absolute Gasteiger partial charge is 0.276 e. The van der Waals surface area contributed by atoms with Crippen molar-refractivity contribution < 1.29 is 0 Å². The van der Waals surface area contributed by atoms with Crippen molar-refractivity contribution in [3.05, 3.63) is 22.5 Å². The van der Waals surface area contributed by atoms with E-state index in [1.165, 1.54) is 6.33 Å². The molecule has 0 aliphatic carbocycles. The maximum atomic E-state index is 11.2. The number of aromatic nitrogens is 4. The zero-order chi connectivity index (χ0) is 9.97. The molecule has 2 N–H and O–H groups in total. The molecule has 0 aliphatic rings. The van der Waals surface area contributed by atoms with Crippen LogP contribution in [0.1, 0.15) is 12.2 Å². The van der Waals surface area contributed by atoms with Crippen LogP contribution in [0.2, 0.25) is 0 Å². The molecular weight excluding hydrogens is 182 g/mol. The van der Waals surface area contributed by atoms with Crippen LogP contribution in [0.3, 0.4) is 0 Å². The molecule has 0 atom stereocenters. The zero-order valence-electron chi connectivity index (χ0n) is 7.24. The average Bonchev–Trinajstić information content (AvgIpc) is 2.59. The number of hydrogen-bond donors (Lipinski definition) is 2. The Kier molecular flexibility index (Phi) is 1.99. The fourth-order valence-electron chi connectivity index (χ4n) is 1.18. The third-order valence-corrected chi connectivity index (χ3v) is 1.82. The lowest BCUT2D eigenvalue weighted by molar-refractivity contribution is 0.922. The zero-order valence-corrected chi connectivity index (χ0v) is 7.24. The van der Waals surface area contributed by atoms with Gasteiger partial charge in [0.1, 0.15) is 5.82 Å². The van der Waals surface area contributed by atoms with E-state index in [2.05, 4.69) is 19.9 Å². The first-order valence-electron chi connectivity index (χ1n) is 4.10. The van der Waals surface area contributed by atoms with Crippen LogP contribution >= 0.6 is 0 Å². The Morgan fingerprint density at radius 3 is 3.14 bits per heavy atom. The lowest BCUT2D eigenvalue weighted by Crippen LogP contribution is -2.05. The topological polar surface area (TPSA) is 98.2 Å². The first-order chi connectivity index (χ1) is 6.81. The van der Waals surface area contributed by atoms with E-state index in [9.17, 15) is 4.79 Å². The second kappa shape index (κ2) is 3.30. The molecule has 0 unspecified atom stereocenters. The summed E-state index contributed by atoms with van der Waals surface area (Å²) in [6.07, 6.45) is 2.18. The van der Waals surface area contributed by atoms with E-state index in [4.69, 9.17) is 5.26 Å². The van der Waals surface area contributed by atoms with Crippen molar-refractivity contribution >= 4 is 11.2 Å². The number of rotatable bonds is 2. The average molecular weight is 189 g/mol. The van der Waals surface area contributed by atoms with E-state index in [-0.39, 0.29) is 5.56 Å². The maximum absolute atomic E-state index is 11.2. The molecule has 0 radical (unpaired) electrons. The second-order valence-electron chi connectivity index (χ2n) is 2.77. The highest BCUT2D eigenvalue weighted by Crippen LogP contribution is 2.03. The minimum atomic E-state index is -0.245. The molecule has 6 heteroatoms. The minimum absolute atomic E-state index is 0.245. The van der Waals surface area contributed by atoms with Crippen molar-refractivity contribution in [2.45, 2.75) is 12.8 Å².